The molecule has 1 aliphatic carbocycles. The van der Waals surface area contributed by atoms with Crippen LogP contribution in [0.5, 0.6) is 5.75 Å². The quantitative estimate of drug-likeness (QED) is 0.436. The Morgan fingerprint density at radius 1 is 1.28 bits per heavy atom. The molecule has 6 nitrogen and oxygen atoms in total. The lowest BCUT2D eigenvalue weighted by atomic mass is 9.84. The minimum absolute atomic E-state index is 0.00130. The minimum Gasteiger partial charge on any atom is -0.490 e. The van der Waals surface area contributed by atoms with Crippen molar-refractivity contribution in [2.45, 2.75) is 64.5 Å². The number of aliphatic hydroxyl groups is 1. The van der Waals surface area contributed by atoms with Gasteiger partial charge in [-0.05, 0) is 63.1 Å². The zero-order valence-corrected chi connectivity index (χ0v) is 17.8. The van der Waals surface area contributed by atoms with E-state index in [-0.39, 0.29) is 12.0 Å². The van der Waals surface area contributed by atoms with Crippen molar-refractivity contribution in [1.82, 2.24) is 10.6 Å². The number of hydrogen-bond donors (Lipinski definition) is 3. The van der Waals surface area contributed by atoms with Crippen LogP contribution in [-0.4, -0.2) is 50.1 Å². The molecular formula is C23H37N3O3. The van der Waals surface area contributed by atoms with Crippen molar-refractivity contribution in [1.29, 1.82) is 0 Å². The van der Waals surface area contributed by atoms with Crippen LogP contribution in [0, 0.1) is 5.41 Å². The molecule has 6 heteroatoms. The van der Waals surface area contributed by atoms with Crippen LogP contribution in [0.2, 0.25) is 0 Å². The summed E-state index contributed by atoms with van der Waals surface area (Å²) in [6.45, 7) is 5.87. The van der Waals surface area contributed by atoms with E-state index >= 15 is 0 Å². The lowest BCUT2D eigenvalue weighted by Gasteiger charge is -2.27. The van der Waals surface area contributed by atoms with Crippen LogP contribution in [0.1, 0.15) is 57.4 Å². The molecule has 162 valence electrons. The molecule has 1 aromatic carbocycles. The molecule has 0 radical (unpaired) electrons. The normalized spacial score (nSPS) is 23.2. The largest absolute Gasteiger partial charge is 0.490 e. The summed E-state index contributed by atoms with van der Waals surface area (Å²) in [5, 5.41) is 16.2. The molecule has 1 heterocycles. The van der Waals surface area contributed by atoms with Gasteiger partial charge in [-0.3, -0.25) is 0 Å². The van der Waals surface area contributed by atoms with E-state index in [1.807, 2.05) is 6.07 Å². The maximum absolute atomic E-state index is 9.41. The zero-order chi connectivity index (χ0) is 20.4. The highest BCUT2D eigenvalue weighted by atomic mass is 16.5. The molecule has 1 atom stereocenters. The summed E-state index contributed by atoms with van der Waals surface area (Å²) in [5.41, 5.74) is 1.14. The fourth-order valence-corrected chi connectivity index (χ4v) is 4.19. The number of nitrogens with one attached hydrogen (secondary N) is 2. The second kappa shape index (κ2) is 11.4. The third-order valence-corrected chi connectivity index (χ3v) is 5.98. The van der Waals surface area contributed by atoms with Crippen LogP contribution >= 0.6 is 0 Å². The van der Waals surface area contributed by atoms with Gasteiger partial charge in [-0.2, -0.15) is 0 Å². The Morgan fingerprint density at radius 3 is 2.86 bits per heavy atom. The Kier molecular flexibility index (Phi) is 8.62. The molecule has 3 rings (SSSR count). The summed E-state index contributed by atoms with van der Waals surface area (Å²) in [5.74, 6) is 1.75. The minimum atomic E-state index is -0.00130. The summed E-state index contributed by atoms with van der Waals surface area (Å²) < 4.78 is 11.8. The third kappa shape index (κ3) is 6.89. The fraction of sp³-hybridized carbons (Fsp3) is 0.696. The second-order valence-electron chi connectivity index (χ2n) is 8.35. The maximum Gasteiger partial charge on any atom is 0.191 e. The van der Waals surface area contributed by atoms with Gasteiger partial charge in [0.05, 0.1) is 19.3 Å². The Labute approximate surface area is 175 Å². The monoisotopic (exact) mass is 403 g/mol. The van der Waals surface area contributed by atoms with E-state index in [2.05, 4.69) is 35.8 Å². The SMILES string of the molecule is CCNC(=NCc1cccc(OC2CCCCC2)c1)NCC1(CCO)CCOC1. The number of benzene rings is 1. The van der Waals surface area contributed by atoms with Crippen molar-refractivity contribution < 1.29 is 14.6 Å². The lowest BCUT2D eigenvalue weighted by Crippen LogP contribution is -2.44. The first-order valence-electron chi connectivity index (χ1n) is 11.2. The standard InChI is InChI=1S/C23H37N3O3/c1-2-24-22(26-17-23(11-13-27)12-14-28-18-23)25-16-19-7-6-10-21(15-19)29-20-8-4-3-5-9-20/h6-7,10,15,20,27H,2-5,8-9,11-14,16-18H2,1H3,(H2,24,25,26). The third-order valence-electron chi connectivity index (χ3n) is 5.98. The van der Waals surface area contributed by atoms with Crippen LogP contribution < -0.4 is 15.4 Å². The van der Waals surface area contributed by atoms with E-state index in [0.29, 0.717) is 19.3 Å². The topological polar surface area (TPSA) is 75.1 Å². The summed E-state index contributed by atoms with van der Waals surface area (Å²) in [6.07, 6.45) is 8.29. The molecule has 1 unspecified atom stereocenters. The average molecular weight is 404 g/mol. The van der Waals surface area contributed by atoms with Gasteiger partial charge in [-0.1, -0.05) is 18.6 Å². The van der Waals surface area contributed by atoms with Gasteiger partial charge in [0.2, 0.25) is 0 Å². The average Bonchev–Trinajstić information content (AvgIpc) is 3.20. The fourth-order valence-electron chi connectivity index (χ4n) is 4.19. The summed E-state index contributed by atoms with van der Waals surface area (Å²) in [6, 6.07) is 8.30. The first-order valence-corrected chi connectivity index (χ1v) is 11.2. The number of aliphatic hydroxyl groups excluding tert-OH is 1. The van der Waals surface area contributed by atoms with Crippen molar-refractivity contribution in [3.05, 3.63) is 29.8 Å². The van der Waals surface area contributed by atoms with E-state index < -0.39 is 0 Å². The molecule has 1 aliphatic heterocycles. The van der Waals surface area contributed by atoms with Crippen molar-refractivity contribution in [3.8, 4) is 5.75 Å². The van der Waals surface area contributed by atoms with E-state index in [0.717, 1.165) is 62.7 Å². The number of guanidine groups is 1. The van der Waals surface area contributed by atoms with Gasteiger partial charge in [0.25, 0.3) is 0 Å². The Morgan fingerprint density at radius 2 is 2.14 bits per heavy atom. The first-order chi connectivity index (χ1) is 14.2. The molecule has 3 N–H and O–H groups in total. The van der Waals surface area contributed by atoms with Gasteiger partial charge in [0.15, 0.2) is 5.96 Å². The van der Waals surface area contributed by atoms with Crippen LogP contribution in [-0.2, 0) is 11.3 Å². The Balaban J connectivity index is 1.57. The van der Waals surface area contributed by atoms with Crippen molar-refractivity contribution in [2.24, 2.45) is 10.4 Å². The van der Waals surface area contributed by atoms with Gasteiger partial charge in [-0.15, -0.1) is 0 Å². The van der Waals surface area contributed by atoms with E-state index in [1.165, 1.54) is 19.3 Å². The van der Waals surface area contributed by atoms with Gasteiger partial charge in [0.1, 0.15) is 5.75 Å². The molecule has 1 aromatic rings. The van der Waals surface area contributed by atoms with Gasteiger partial charge >= 0.3 is 0 Å². The molecule has 1 saturated carbocycles. The molecule has 1 saturated heterocycles. The van der Waals surface area contributed by atoms with Crippen LogP contribution in [0.25, 0.3) is 0 Å². The summed E-state index contributed by atoms with van der Waals surface area (Å²) in [4.78, 5) is 4.76. The summed E-state index contributed by atoms with van der Waals surface area (Å²) >= 11 is 0. The molecule has 0 amide bonds. The highest BCUT2D eigenvalue weighted by Gasteiger charge is 2.34. The van der Waals surface area contributed by atoms with E-state index in [4.69, 9.17) is 14.5 Å². The predicted octanol–water partition coefficient (Wildman–Crippen LogP) is 3.24. The predicted molar refractivity (Wildman–Crippen MR) is 116 cm³/mol. The van der Waals surface area contributed by atoms with Gasteiger partial charge < -0.3 is 25.2 Å². The highest BCUT2D eigenvalue weighted by molar-refractivity contribution is 5.79. The maximum atomic E-state index is 9.41. The zero-order valence-electron chi connectivity index (χ0n) is 17.8. The van der Waals surface area contributed by atoms with Crippen LogP contribution in [0.15, 0.2) is 29.3 Å². The Hall–Kier alpha value is -1.79. The van der Waals surface area contributed by atoms with Crippen LogP contribution in [0.4, 0.5) is 0 Å². The summed E-state index contributed by atoms with van der Waals surface area (Å²) in [7, 11) is 0. The number of hydrogen-bond acceptors (Lipinski definition) is 4. The molecule has 29 heavy (non-hydrogen) atoms. The van der Waals surface area contributed by atoms with Gasteiger partial charge in [-0.25, -0.2) is 4.99 Å². The van der Waals surface area contributed by atoms with Crippen molar-refractivity contribution >= 4 is 5.96 Å². The molecule has 0 spiro atoms. The molecule has 0 aromatic heterocycles. The second-order valence-corrected chi connectivity index (χ2v) is 8.35. The molecule has 0 bridgehead atoms. The number of ether oxygens (including phenoxy) is 2. The number of rotatable bonds is 9. The molecular weight excluding hydrogens is 366 g/mol. The van der Waals surface area contributed by atoms with E-state index in [1.54, 1.807) is 0 Å². The van der Waals surface area contributed by atoms with E-state index in [9.17, 15) is 5.11 Å². The van der Waals surface area contributed by atoms with Gasteiger partial charge in [0, 0.05) is 31.7 Å². The number of aliphatic imine (C=N–C) groups is 1. The van der Waals surface area contributed by atoms with Crippen molar-refractivity contribution in [3.63, 3.8) is 0 Å². The van der Waals surface area contributed by atoms with Crippen molar-refractivity contribution in [2.75, 3.05) is 32.9 Å². The Bertz CT molecular complexity index is 638. The smallest absolute Gasteiger partial charge is 0.191 e. The highest BCUT2D eigenvalue weighted by Crippen LogP contribution is 2.31. The van der Waals surface area contributed by atoms with Crippen LogP contribution in [0.3, 0.4) is 0 Å². The first kappa shape index (κ1) is 21.9. The molecule has 2 aliphatic rings. The molecule has 2 fully saturated rings. The lowest BCUT2D eigenvalue weighted by molar-refractivity contribution is 0.127. The number of nitrogens with zero attached hydrogens (tertiary/aromatic N) is 1.